The molecule has 90 valence electrons. The van der Waals surface area contributed by atoms with E-state index in [0.717, 1.165) is 22.3 Å². The molecule has 0 aliphatic heterocycles. The Morgan fingerprint density at radius 2 is 2.24 bits per heavy atom. The summed E-state index contributed by atoms with van der Waals surface area (Å²) in [5, 5.41) is 3.30. The first-order chi connectivity index (χ1) is 8.15. The average Bonchev–Trinajstić information content (AvgIpc) is 2.75. The number of halogens is 2. The summed E-state index contributed by atoms with van der Waals surface area (Å²) in [5.74, 6) is 0.685. The average molecular weight is 298 g/mol. The molecule has 0 bridgehead atoms. The Balaban J connectivity index is 2.00. The van der Waals surface area contributed by atoms with E-state index in [1.54, 1.807) is 12.3 Å². The molecule has 0 aliphatic carbocycles. The molecule has 1 unspecified atom stereocenters. The van der Waals surface area contributed by atoms with Crippen molar-refractivity contribution in [3.05, 3.63) is 52.6 Å². The Bertz CT molecular complexity index is 484. The second-order valence-electron chi connectivity index (χ2n) is 3.95. The number of benzene rings is 1. The van der Waals surface area contributed by atoms with Gasteiger partial charge in [0.2, 0.25) is 0 Å². The first-order valence-corrected chi connectivity index (χ1v) is 6.18. The first-order valence-electron chi connectivity index (χ1n) is 5.39. The van der Waals surface area contributed by atoms with Crippen LogP contribution < -0.4 is 5.32 Å². The van der Waals surface area contributed by atoms with E-state index in [9.17, 15) is 4.39 Å². The van der Waals surface area contributed by atoms with E-state index in [1.807, 2.05) is 12.1 Å². The van der Waals surface area contributed by atoms with Crippen molar-refractivity contribution in [3.8, 4) is 0 Å². The van der Waals surface area contributed by atoms with Crippen LogP contribution in [0.3, 0.4) is 0 Å². The molecule has 2 aromatic rings. The van der Waals surface area contributed by atoms with E-state index in [2.05, 4.69) is 28.2 Å². The SMILES string of the molecule is CC(Cc1ccco1)Nc1ccc(F)cc1Br. The first kappa shape index (κ1) is 12.2. The van der Waals surface area contributed by atoms with Crippen molar-refractivity contribution in [3.63, 3.8) is 0 Å². The number of furan rings is 1. The van der Waals surface area contributed by atoms with Crippen LogP contribution in [-0.4, -0.2) is 6.04 Å². The maximum atomic E-state index is 12.9. The Hall–Kier alpha value is -1.29. The summed E-state index contributed by atoms with van der Waals surface area (Å²) in [6.07, 6.45) is 2.45. The van der Waals surface area contributed by atoms with E-state index in [-0.39, 0.29) is 11.9 Å². The van der Waals surface area contributed by atoms with Crippen molar-refractivity contribution < 1.29 is 8.81 Å². The van der Waals surface area contributed by atoms with Crippen LogP contribution in [0, 0.1) is 5.82 Å². The van der Waals surface area contributed by atoms with E-state index in [1.165, 1.54) is 12.1 Å². The zero-order chi connectivity index (χ0) is 12.3. The quantitative estimate of drug-likeness (QED) is 0.914. The predicted molar refractivity (Wildman–Crippen MR) is 69.6 cm³/mol. The van der Waals surface area contributed by atoms with Crippen LogP contribution in [0.1, 0.15) is 12.7 Å². The van der Waals surface area contributed by atoms with Crippen LogP contribution in [0.15, 0.2) is 45.5 Å². The van der Waals surface area contributed by atoms with Gasteiger partial charge in [0.1, 0.15) is 11.6 Å². The van der Waals surface area contributed by atoms with Crippen molar-refractivity contribution in [1.29, 1.82) is 0 Å². The monoisotopic (exact) mass is 297 g/mol. The molecule has 1 atom stereocenters. The van der Waals surface area contributed by atoms with E-state index >= 15 is 0 Å². The minimum absolute atomic E-state index is 0.211. The largest absolute Gasteiger partial charge is 0.469 e. The molecule has 2 nitrogen and oxygen atoms in total. The van der Waals surface area contributed by atoms with Gasteiger partial charge >= 0.3 is 0 Å². The molecule has 0 amide bonds. The smallest absolute Gasteiger partial charge is 0.124 e. The van der Waals surface area contributed by atoms with Crippen molar-refractivity contribution >= 4 is 21.6 Å². The lowest BCUT2D eigenvalue weighted by atomic mass is 10.2. The summed E-state index contributed by atoms with van der Waals surface area (Å²) < 4.78 is 18.9. The third kappa shape index (κ3) is 3.33. The zero-order valence-corrected chi connectivity index (χ0v) is 11.0. The minimum atomic E-state index is -0.249. The lowest BCUT2D eigenvalue weighted by molar-refractivity contribution is 0.497. The molecule has 0 spiro atoms. The number of nitrogens with one attached hydrogen (secondary N) is 1. The Labute approximate surface area is 108 Å². The standard InChI is InChI=1S/C13H13BrFNO/c1-9(7-11-3-2-6-17-11)16-13-5-4-10(15)8-12(13)14/h2-6,8-9,16H,7H2,1H3. The van der Waals surface area contributed by atoms with Gasteiger partial charge in [-0.15, -0.1) is 0 Å². The molecule has 17 heavy (non-hydrogen) atoms. The molecule has 1 heterocycles. The van der Waals surface area contributed by atoms with Crippen LogP contribution in [0.2, 0.25) is 0 Å². The van der Waals surface area contributed by atoms with Gasteiger partial charge in [0, 0.05) is 22.6 Å². The van der Waals surface area contributed by atoms with Gasteiger partial charge < -0.3 is 9.73 Å². The van der Waals surface area contributed by atoms with Crippen LogP contribution >= 0.6 is 15.9 Å². The van der Waals surface area contributed by atoms with Gasteiger partial charge in [-0.2, -0.15) is 0 Å². The fourth-order valence-corrected chi connectivity index (χ4v) is 2.12. The Morgan fingerprint density at radius 1 is 1.41 bits per heavy atom. The van der Waals surface area contributed by atoms with Crippen molar-refractivity contribution in [2.75, 3.05) is 5.32 Å². The highest BCUT2D eigenvalue weighted by Crippen LogP contribution is 2.24. The number of hydrogen-bond acceptors (Lipinski definition) is 2. The summed E-state index contributed by atoms with van der Waals surface area (Å²) in [4.78, 5) is 0. The molecule has 0 saturated heterocycles. The normalized spacial score (nSPS) is 12.4. The second kappa shape index (κ2) is 5.36. The topological polar surface area (TPSA) is 25.2 Å². The molecule has 0 aliphatic rings. The van der Waals surface area contributed by atoms with Gasteiger partial charge in [-0.1, -0.05) is 0 Å². The molecule has 1 aromatic carbocycles. The Kier molecular flexibility index (Phi) is 3.84. The van der Waals surface area contributed by atoms with Gasteiger partial charge in [0.15, 0.2) is 0 Å². The highest BCUT2D eigenvalue weighted by atomic mass is 79.9. The summed E-state index contributed by atoms with van der Waals surface area (Å²) in [5.41, 5.74) is 0.880. The lowest BCUT2D eigenvalue weighted by Gasteiger charge is -2.15. The lowest BCUT2D eigenvalue weighted by Crippen LogP contribution is -2.18. The molecule has 4 heteroatoms. The molecular weight excluding hydrogens is 285 g/mol. The van der Waals surface area contributed by atoms with Gasteiger partial charge in [0.05, 0.1) is 6.26 Å². The number of rotatable bonds is 4. The summed E-state index contributed by atoms with van der Waals surface area (Å²) >= 11 is 3.33. The third-order valence-electron chi connectivity index (χ3n) is 2.42. The maximum Gasteiger partial charge on any atom is 0.124 e. The van der Waals surface area contributed by atoms with Crippen molar-refractivity contribution in [2.24, 2.45) is 0 Å². The molecule has 0 saturated carbocycles. The van der Waals surface area contributed by atoms with Crippen LogP contribution in [0.5, 0.6) is 0 Å². The van der Waals surface area contributed by atoms with Gasteiger partial charge in [0.25, 0.3) is 0 Å². The van der Waals surface area contributed by atoms with Gasteiger partial charge in [-0.25, -0.2) is 4.39 Å². The second-order valence-corrected chi connectivity index (χ2v) is 4.81. The fourth-order valence-electron chi connectivity index (χ4n) is 1.65. The predicted octanol–water partition coefficient (Wildman–Crippen LogP) is 4.22. The molecule has 2 rings (SSSR count). The highest BCUT2D eigenvalue weighted by molar-refractivity contribution is 9.10. The van der Waals surface area contributed by atoms with Crippen molar-refractivity contribution in [2.45, 2.75) is 19.4 Å². The molecular formula is C13H13BrFNO. The third-order valence-corrected chi connectivity index (χ3v) is 3.08. The van der Waals surface area contributed by atoms with E-state index in [0.29, 0.717) is 0 Å². The Morgan fingerprint density at radius 3 is 2.88 bits per heavy atom. The molecule has 0 radical (unpaired) electrons. The number of hydrogen-bond donors (Lipinski definition) is 1. The van der Waals surface area contributed by atoms with Crippen LogP contribution in [-0.2, 0) is 6.42 Å². The van der Waals surface area contributed by atoms with Crippen molar-refractivity contribution in [1.82, 2.24) is 0 Å². The van der Waals surface area contributed by atoms with Crippen LogP contribution in [0.25, 0.3) is 0 Å². The summed E-state index contributed by atoms with van der Waals surface area (Å²) in [7, 11) is 0. The van der Waals surface area contributed by atoms with Gasteiger partial charge in [-0.05, 0) is 53.2 Å². The molecule has 0 fully saturated rings. The summed E-state index contributed by atoms with van der Waals surface area (Å²) in [6, 6.07) is 8.63. The van der Waals surface area contributed by atoms with E-state index < -0.39 is 0 Å². The number of anilines is 1. The van der Waals surface area contributed by atoms with E-state index in [4.69, 9.17) is 4.42 Å². The maximum absolute atomic E-state index is 12.9. The van der Waals surface area contributed by atoms with Crippen LogP contribution in [0.4, 0.5) is 10.1 Å². The molecule has 1 aromatic heterocycles. The highest BCUT2D eigenvalue weighted by Gasteiger charge is 2.08. The fraction of sp³-hybridized carbons (Fsp3) is 0.231. The molecule has 1 N–H and O–H groups in total. The van der Waals surface area contributed by atoms with Gasteiger partial charge in [-0.3, -0.25) is 0 Å². The zero-order valence-electron chi connectivity index (χ0n) is 9.41. The summed E-state index contributed by atoms with van der Waals surface area (Å²) in [6.45, 7) is 2.05. The minimum Gasteiger partial charge on any atom is -0.469 e.